The Hall–Kier alpha value is -6.20. The molecule has 0 spiro atoms. The van der Waals surface area contributed by atoms with E-state index in [2.05, 4.69) is 34.6 Å². The van der Waals surface area contributed by atoms with Crippen LogP contribution < -0.4 is 0 Å². The van der Waals surface area contributed by atoms with Gasteiger partial charge >= 0.3 is 0 Å². The van der Waals surface area contributed by atoms with Gasteiger partial charge in [0.05, 0.1) is 0 Å². The Balaban J connectivity index is 0.000000147. The lowest BCUT2D eigenvalue weighted by molar-refractivity contribution is 0.114. The highest BCUT2D eigenvalue weighted by Crippen LogP contribution is 2.56. The van der Waals surface area contributed by atoms with Gasteiger partial charge in [0.25, 0.3) is 0 Å². The molecular formula is C114H148F18. The second-order valence-electron chi connectivity index (χ2n) is 40.9. The molecule has 10 fully saturated rings. The second kappa shape index (κ2) is 48.9. The number of fused-ring (bicyclic) bond motifs is 5. The molecule has 0 radical (unpaired) electrons. The van der Waals surface area contributed by atoms with Crippen molar-refractivity contribution in [3.8, 4) is 0 Å². The molecule has 0 saturated heterocycles. The molecule has 24 unspecified atom stereocenters. The van der Waals surface area contributed by atoms with E-state index in [-0.39, 0.29) is 94.6 Å². The van der Waals surface area contributed by atoms with Crippen LogP contribution in [-0.4, -0.2) is 0 Å². The first-order chi connectivity index (χ1) is 68.8. The van der Waals surface area contributed by atoms with Crippen molar-refractivity contribution in [2.24, 2.45) is 94.7 Å². The molecule has 24 atom stereocenters. The summed E-state index contributed by atoms with van der Waals surface area (Å²) in [7, 11) is 0. The van der Waals surface area contributed by atoms with E-state index < -0.39 is 179 Å². The van der Waals surface area contributed by atoms with Crippen molar-refractivity contribution < 1.29 is 98.2 Å². The van der Waals surface area contributed by atoms with E-state index in [1.54, 1.807) is 5.57 Å². The number of halogens is 18. The van der Waals surface area contributed by atoms with Crippen LogP contribution >= 0.6 is 0 Å². The molecule has 0 aliphatic heterocycles. The highest BCUT2D eigenvalue weighted by molar-refractivity contribution is 5.33. The van der Waals surface area contributed by atoms with Crippen LogP contribution in [0, 0.1) is 199 Å². The molecule has 6 aromatic carbocycles. The molecule has 10 saturated carbocycles. The first kappa shape index (κ1) is 85.0. The lowest BCUT2D eigenvalue weighted by atomic mass is 9.63. The highest BCUT2D eigenvalue weighted by atomic mass is 19.2. The first-order valence-electron chi connectivity index (χ1n) is 57.4. The zero-order valence-corrected chi connectivity index (χ0v) is 77.9. The molecule has 0 nitrogen and oxygen atoms in total. The number of benzene rings is 6. The van der Waals surface area contributed by atoms with Gasteiger partial charge < -0.3 is 0 Å². The van der Waals surface area contributed by atoms with E-state index in [0.29, 0.717) is 85.3 Å². The third-order valence-electron chi connectivity index (χ3n) is 31.9. The van der Waals surface area contributed by atoms with E-state index in [9.17, 15) is 79.0 Å². The van der Waals surface area contributed by atoms with Crippen molar-refractivity contribution in [2.75, 3.05) is 0 Å². The van der Waals surface area contributed by atoms with Gasteiger partial charge in [-0.15, -0.1) is 0 Å². The van der Waals surface area contributed by atoms with Crippen LogP contribution in [0.5, 0.6) is 0 Å². The van der Waals surface area contributed by atoms with Crippen molar-refractivity contribution in [3.63, 3.8) is 0 Å². The van der Waals surface area contributed by atoms with Crippen LogP contribution in [0.4, 0.5) is 79.0 Å². The van der Waals surface area contributed by atoms with Crippen molar-refractivity contribution in [3.05, 3.63) is 222 Å². The standard InChI is InChI=1S/5C19H25F3.C19H23F3/c6*1-2-3-12-4-5-14-9-15(7-6-13(14)8-12)16-10-17(20)19(22)18(21)11-16/h5*10-15H,2-9H2,1H3;10-12,15H,2-9H2,1H3/i7D2,9D2;7D2,9D;7D,9D2;4D2,8D2;;. The minimum atomic E-state index is -1.95. The van der Waals surface area contributed by atoms with Crippen LogP contribution in [0.3, 0.4) is 0 Å². The van der Waals surface area contributed by atoms with Gasteiger partial charge in [0, 0.05) is 19.2 Å². The fourth-order valence-electron chi connectivity index (χ4n) is 25.1. The van der Waals surface area contributed by atoms with Crippen LogP contribution in [0.2, 0.25) is 0 Å². The number of allylic oxidation sites excluding steroid dienone is 2. The third-order valence-corrected chi connectivity index (χ3v) is 31.9. The largest absolute Gasteiger partial charge is 0.204 e. The lowest BCUT2D eigenvalue weighted by Gasteiger charge is -2.42. The van der Waals surface area contributed by atoms with Crippen LogP contribution in [0.15, 0.2) is 83.9 Å². The molecule has 0 N–H and O–H groups in total. The van der Waals surface area contributed by atoms with Gasteiger partial charge in [-0.2, -0.15) is 0 Å². The summed E-state index contributed by atoms with van der Waals surface area (Å²) >= 11 is 0. The third kappa shape index (κ3) is 26.8. The molecule has 12 aliphatic rings. The van der Waals surface area contributed by atoms with E-state index in [1.807, 2.05) is 6.92 Å². The van der Waals surface area contributed by atoms with E-state index in [1.165, 1.54) is 87.6 Å². The van der Waals surface area contributed by atoms with Gasteiger partial charge in [0.2, 0.25) is 0 Å². The minimum absolute atomic E-state index is 0.0399. The molecule has 18 rings (SSSR count). The summed E-state index contributed by atoms with van der Waals surface area (Å²) in [5.74, 6) is -23.1. The van der Waals surface area contributed by atoms with Crippen molar-refractivity contribution >= 4 is 0 Å². The maximum absolute atomic E-state index is 13.7. The average molecular weight is 1870 g/mol. The molecule has 730 valence electrons. The smallest absolute Gasteiger partial charge is 0.194 e. The molecular weight excluding hydrogens is 1710 g/mol. The van der Waals surface area contributed by atoms with Gasteiger partial charge in [0.15, 0.2) is 105 Å². The monoisotopic (exact) mass is 1870 g/mol. The van der Waals surface area contributed by atoms with Gasteiger partial charge in [-0.25, -0.2) is 79.0 Å². The van der Waals surface area contributed by atoms with Crippen molar-refractivity contribution in [1.82, 2.24) is 0 Å². The molecule has 132 heavy (non-hydrogen) atoms. The Morgan fingerprint density at radius 3 is 0.917 bits per heavy atom. The lowest BCUT2D eigenvalue weighted by Crippen LogP contribution is -2.30. The summed E-state index contributed by atoms with van der Waals surface area (Å²) in [5, 5.41) is 0. The average Bonchev–Trinajstić information content (AvgIpc) is 0.559. The molecule has 0 aromatic heterocycles. The molecule has 12 aliphatic carbocycles. The summed E-state index contributed by atoms with van der Waals surface area (Å²) in [6.45, 7) is 12.8. The number of rotatable bonds is 18. The fourth-order valence-corrected chi connectivity index (χ4v) is 25.1. The number of hydrogen-bond donors (Lipinski definition) is 0. The minimum Gasteiger partial charge on any atom is -0.204 e. The Morgan fingerprint density at radius 1 is 0.220 bits per heavy atom. The predicted molar refractivity (Wildman–Crippen MR) is 493 cm³/mol. The van der Waals surface area contributed by atoms with Crippen LogP contribution in [0.1, 0.15) is 437 Å². The maximum atomic E-state index is 13.7. The normalized spacial score (nSPS) is 35.7. The van der Waals surface area contributed by atoms with Crippen molar-refractivity contribution in [2.45, 2.75) is 385 Å². The fraction of sp³-hybridized carbons (Fsp3) is 0.667. The Labute approximate surface area is 796 Å². The Bertz CT molecular complexity index is 5220. The summed E-state index contributed by atoms with van der Waals surface area (Å²) in [6.07, 6.45) is 25.1. The molecule has 18 heteroatoms. The highest BCUT2D eigenvalue weighted by Gasteiger charge is 2.43. The van der Waals surface area contributed by atoms with E-state index in [4.69, 9.17) is 19.2 Å². The zero-order valence-electron chi connectivity index (χ0n) is 91.9. The van der Waals surface area contributed by atoms with Gasteiger partial charge in [-0.1, -0.05) is 162 Å². The quantitative estimate of drug-likeness (QED) is 0.0457. The topological polar surface area (TPSA) is 0 Å². The van der Waals surface area contributed by atoms with Gasteiger partial charge in [0.1, 0.15) is 0 Å². The Kier molecular flexibility index (Phi) is 31.5. The zero-order chi connectivity index (χ0) is 107. The summed E-state index contributed by atoms with van der Waals surface area (Å²) in [5.41, 5.74) is 4.72. The van der Waals surface area contributed by atoms with Crippen LogP contribution in [0.25, 0.3) is 0 Å². The molecule has 6 aromatic rings. The Morgan fingerprint density at radius 2 is 0.492 bits per heavy atom. The van der Waals surface area contributed by atoms with E-state index >= 15 is 0 Å². The molecule has 0 heterocycles. The van der Waals surface area contributed by atoms with E-state index in [0.717, 1.165) is 208 Å². The summed E-state index contributed by atoms with van der Waals surface area (Å²) < 4.78 is 362. The summed E-state index contributed by atoms with van der Waals surface area (Å²) in [4.78, 5) is 0. The van der Waals surface area contributed by atoms with Crippen LogP contribution in [-0.2, 0) is 0 Å². The number of hydrogen-bond acceptors (Lipinski definition) is 0. The first-order valence-corrected chi connectivity index (χ1v) is 50.2. The second-order valence-corrected chi connectivity index (χ2v) is 40.9. The summed E-state index contributed by atoms with van der Waals surface area (Å²) in [6, 6.07) is 11.8. The van der Waals surface area contributed by atoms with Gasteiger partial charge in [-0.05, 0) is 435 Å². The maximum Gasteiger partial charge on any atom is 0.194 e. The molecule has 0 amide bonds. The SMILES string of the molecule is CCCC1CCC2=C(CCC(c3cc(F)c(F)c(F)c3)C2)C1.CCCC1CCC2CC(c3cc(F)c(F)c(F)c3)CCC2C1.[2H]C1([2H])CC2CC(CCC)CCC2C([2H])([2H])C1c1cc(F)c(F)c(F)c1.[2H]C1([2H])CC2CC(c3cc(F)c(F)c(F)c3)CCC2C([2H])([2H])C1CCC.[2H]C1C2CCC(CCC)CC2CC([2H])([2H])C1c1cc(F)c(F)c(F)c1.[2H]C1CC2CC(CCC)CCC2C([2H])([2H])C1c1cc(F)c(F)c(F)c1. The molecule has 0 bridgehead atoms. The van der Waals surface area contributed by atoms with Crippen molar-refractivity contribution in [1.29, 1.82) is 0 Å². The predicted octanol–water partition coefficient (Wildman–Crippen LogP) is 37.3. The van der Waals surface area contributed by atoms with Gasteiger partial charge in [-0.3, -0.25) is 0 Å².